The number of rotatable bonds is 30. The Kier molecular flexibility index (Phi) is 29.4. The Hall–Kier alpha value is -0.910. The summed E-state index contributed by atoms with van der Waals surface area (Å²) in [5.74, 6) is -0.505. The lowest BCUT2D eigenvalue weighted by Gasteiger charge is -2.21. The maximum absolute atomic E-state index is 12.3. The topological polar surface area (TPSA) is 89.8 Å². The van der Waals surface area contributed by atoms with Crippen LogP contribution in [0, 0.1) is 0 Å². The second-order valence-corrected chi connectivity index (χ2v) is 11.7. The van der Waals surface area contributed by atoms with Crippen molar-refractivity contribution in [2.75, 3.05) is 6.61 Å². The molecule has 4 N–H and O–H groups in total. The summed E-state index contributed by atoms with van der Waals surface area (Å²) in [7, 11) is 0. The van der Waals surface area contributed by atoms with Gasteiger partial charge in [-0.3, -0.25) is 4.79 Å². The van der Waals surface area contributed by atoms with Crippen molar-refractivity contribution in [3.05, 3.63) is 12.2 Å². The van der Waals surface area contributed by atoms with E-state index in [2.05, 4.69) is 19.2 Å². The molecule has 0 fully saturated rings. The van der Waals surface area contributed by atoms with Crippen molar-refractivity contribution >= 4 is 5.91 Å². The molecule has 0 aliphatic carbocycles. The number of allylic oxidation sites excluding steroid dienone is 1. The molecule has 0 aromatic rings. The highest BCUT2D eigenvalue weighted by atomic mass is 16.3. The maximum Gasteiger partial charge on any atom is 0.249 e. The van der Waals surface area contributed by atoms with E-state index in [1.54, 1.807) is 6.08 Å². The van der Waals surface area contributed by atoms with E-state index in [9.17, 15) is 20.1 Å². The molecule has 5 nitrogen and oxygen atoms in total. The Morgan fingerprint density at radius 2 is 1.00 bits per heavy atom. The summed E-state index contributed by atoms with van der Waals surface area (Å²) in [6.45, 7) is 4.15. The standard InChI is InChI=1S/C34H67NO4/c1-3-5-7-9-11-13-15-17-19-20-22-24-26-28-32(37)31(30-36)35-34(39)33(38)29-27-25-23-21-18-16-14-12-10-8-6-4-2/h26,28,31-33,36-38H,3-25,27,29-30H2,1-2H3,(H,35,39)/b28-26+/t31-,32+,33+/m0/s1. The Morgan fingerprint density at radius 1 is 0.615 bits per heavy atom. The summed E-state index contributed by atoms with van der Waals surface area (Å²) in [5.41, 5.74) is 0. The third-order valence-corrected chi connectivity index (χ3v) is 7.88. The first-order chi connectivity index (χ1) is 19.1. The van der Waals surface area contributed by atoms with Gasteiger partial charge in [0.2, 0.25) is 5.91 Å². The normalized spacial score (nSPS) is 14.1. The van der Waals surface area contributed by atoms with E-state index in [1.807, 2.05) is 6.08 Å². The summed E-state index contributed by atoms with van der Waals surface area (Å²) in [6, 6.07) is -0.789. The SMILES string of the molecule is CCCCCCCCCCCCC/C=C/[C@@H](O)[C@H](CO)NC(=O)[C@H](O)CCCCCCCCCCCCCC. The van der Waals surface area contributed by atoms with Crippen molar-refractivity contribution in [2.45, 2.75) is 193 Å². The smallest absolute Gasteiger partial charge is 0.249 e. The summed E-state index contributed by atoms with van der Waals surface area (Å²) in [5, 5.41) is 32.8. The molecule has 0 unspecified atom stereocenters. The average Bonchev–Trinajstić information content (AvgIpc) is 2.94. The number of nitrogens with one attached hydrogen (secondary N) is 1. The summed E-state index contributed by atoms with van der Waals surface area (Å²) in [6.07, 6.45) is 32.2. The molecule has 39 heavy (non-hydrogen) atoms. The summed E-state index contributed by atoms with van der Waals surface area (Å²) in [4.78, 5) is 12.3. The molecule has 0 bridgehead atoms. The van der Waals surface area contributed by atoms with E-state index in [0.29, 0.717) is 6.42 Å². The highest BCUT2D eigenvalue weighted by Crippen LogP contribution is 2.14. The van der Waals surface area contributed by atoms with Gasteiger partial charge in [-0.25, -0.2) is 0 Å². The molecule has 0 radical (unpaired) electrons. The van der Waals surface area contributed by atoms with Crippen LogP contribution in [0.2, 0.25) is 0 Å². The van der Waals surface area contributed by atoms with Gasteiger partial charge in [-0.1, -0.05) is 167 Å². The molecule has 0 aromatic carbocycles. The van der Waals surface area contributed by atoms with Gasteiger partial charge in [0.25, 0.3) is 0 Å². The number of unbranched alkanes of at least 4 members (excludes halogenated alkanes) is 22. The van der Waals surface area contributed by atoms with Gasteiger partial charge >= 0.3 is 0 Å². The largest absolute Gasteiger partial charge is 0.394 e. The monoisotopic (exact) mass is 554 g/mol. The second-order valence-electron chi connectivity index (χ2n) is 11.7. The number of aliphatic hydroxyl groups is 3. The quantitative estimate of drug-likeness (QED) is 0.0530. The lowest BCUT2D eigenvalue weighted by molar-refractivity contribution is -0.131. The number of hydrogen-bond donors (Lipinski definition) is 4. The lowest BCUT2D eigenvalue weighted by Crippen LogP contribution is -2.48. The third-order valence-electron chi connectivity index (χ3n) is 7.88. The van der Waals surface area contributed by atoms with Gasteiger partial charge in [-0.15, -0.1) is 0 Å². The highest BCUT2D eigenvalue weighted by molar-refractivity contribution is 5.80. The fourth-order valence-electron chi connectivity index (χ4n) is 5.12. The minimum absolute atomic E-state index is 0.360. The first kappa shape index (κ1) is 38.1. The van der Waals surface area contributed by atoms with Gasteiger partial charge in [0.05, 0.1) is 18.8 Å². The highest BCUT2D eigenvalue weighted by Gasteiger charge is 2.22. The predicted molar refractivity (Wildman–Crippen MR) is 167 cm³/mol. The Morgan fingerprint density at radius 3 is 1.41 bits per heavy atom. The van der Waals surface area contributed by atoms with E-state index in [1.165, 1.54) is 122 Å². The first-order valence-corrected chi connectivity index (χ1v) is 17.0. The van der Waals surface area contributed by atoms with E-state index in [4.69, 9.17) is 0 Å². The molecule has 0 saturated carbocycles. The maximum atomic E-state index is 12.3. The van der Waals surface area contributed by atoms with E-state index in [-0.39, 0.29) is 6.61 Å². The van der Waals surface area contributed by atoms with Crippen molar-refractivity contribution in [3.63, 3.8) is 0 Å². The molecule has 5 heteroatoms. The van der Waals surface area contributed by atoms with Crippen LogP contribution in [0.5, 0.6) is 0 Å². The van der Waals surface area contributed by atoms with Crippen LogP contribution in [0.15, 0.2) is 12.2 Å². The summed E-state index contributed by atoms with van der Waals surface area (Å²) >= 11 is 0. The average molecular weight is 554 g/mol. The van der Waals surface area contributed by atoms with Crippen molar-refractivity contribution < 1.29 is 20.1 Å². The van der Waals surface area contributed by atoms with E-state index < -0.39 is 24.2 Å². The second kappa shape index (κ2) is 30.1. The molecule has 0 aliphatic rings. The van der Waals surface area contributed by atoms with E-state index in [0.717, 1.165) is 32.1 Å². The Labute approximate surface area is 242 Å². The van der Waals surface area contributed by atoms with Crippen LogP contribution in [0.3, 0.4) is 0 Å². The zero-order chi connectivity index (χ0) is 28.8. The van der Waals surface area contributed by atoms with Crippen LogP contribution in [0.1, 0.15) is 174 Å². The van der Waals surface area contributed by atoms with Gasteiger partial charge in [0.1, 0.15) is 6.10 Å². The van der Waals surface area contributed by atoms with Crippen molar-refractivity contribution in [2.24, 2.45) is 0 Å². The fraction of sp³-hybridized carbons (Fsp3) is 0.912. The molecule has 0 heterocycles. The van der Waals surface area contributed by atoms with E-state index >= 15 is 0 Å². The molecule has 0 saturated heterocycles. The molecule has 0 rings (SSSR count). The Balaban J connectivity index is 3.78. The lowest BCUT2D eigenvalue weighted by atomic mass is 10.0. The van der Waals surface area contributed by atoms with Crippen molar-refractivity contribution in [3.8, 4) is 0 Å². The number of aliphatic hydroxyl groups excluding tert-OH is 3. The molecule has 0 aromatic heterocycles. The minimum atomic E-state index is -1.09. The molecular formula is C34H67NO4. The van der Waals surface area contributed by atoms with Crippen LogP contribution >= 0.6 is 0 Å². The summed E-state index contributed by atoms with van der Waals surface area (Å²) < 4.78 is 0. The number of carbonyl (C=O) groups excluding carboxylic acids is 1. The fourth-order valence-corrected chi connectivity index (χ4v) is 5.12. The zero-order valence-corrected chi connectivity index (χ0v) is 26.0. The molecule has 0 spiro atoms. The van der Waals surface area contributed by atoms with Crippen LogP contribution < -0.4 is 5.32 Å². The molecule has 232 valence electrons. The minimum Gasteiger partial charge on any atom is -0.394 e. The first-order valence-electron chi connectivity index (χ1n) is 17.0. The van der Waals surface area contributed by atoms with Crippen LogP contribution in [0.4, 0.5) is 0 Å². The Bertz CT molecular complexity index is 539. The predicted octanol–water partition coefficient (Wildman–Crippen LogP) is 8.53. The zero-order valence-electron chi connectivity index (χ0n) is 26.0. The van der Waals surface area contributed by atoms with Gasteiger partial charge < -0.3 is 20.6 Å². The van der Waals surface area contributed by atoms with Gasteiger partial charge in [-0.2, -0.15) is 0 Å². The van der Waals surface area contributed by atoms with Crippen molar-refractivity contribution in [1.82, 2.24) is 5.32 Å². The molecule has 0 aliphatic heterocycles. The molecular weight excluding hydrogens is 486 g/mol. The number of hydrogen-bond acceptors (Lipinski definition) is 4. The van der Waals surface area contributed by atoms with Crippen molar-refractivity contribution in [1.29, 1.82) is 0 Å². The number of amides is 1. The van der Waals surface area contributed by atoms with Crippen LogP contribution in [-0.4, -0.2) is 46.1 Å². The molecule has 1 amide bonds. The van der Waals surface area contributed by atoms with Crippen LogP contribution in [0.25, 0.3) is 0 Å². The van der Waals surface area contributed by atoms with Gasteiger partial charge in [0, 0.05) is 0 Å². The van der Waals surface area contributed by atoms with Gasteiger partial charge in [-0.05, 0) is 19.3 Å². The molecule has 3 atom stereocenters. The third kappa shape index (κ3) is 25.8. The number of carbonyl (C=O) groups is 1. The van der Waals surface area contributed by atoms with Gasteiger partial charge in [0.15, 0.2) is 0 Å². The van der Waals surface area contributed by atoms with Crippen LogP contribution in [-0.2, 0) is 4.79 Å².